The number of aryl methyl sites for hydroxylation is 1. The van der Waals surface area contributed by atoms with Crippen molar-refractivity contribution in [1.82, 2.24) is 15.5 Å². The van der Waals surface area contributed by atoms with E-state index in [1.54, 1.807) is 12.3 Å². The number of carbonyl (C=O) groups excluding carboxylic acids is 1. The zero-order valence-corrected chi connectivity index (χ0v) is 14.1. The van der Waals surface area contributed by atoms with E-state index in [1.807, 2.05) is 32.9 Å². The van der Waals surface area contributed by atoms with E-state index < -0.39 is 0 Å². The third-order valence-electron chi connectivity index (χ3n) is 3.95. The predicted molar refractivity (Wildman–Crippen MR) is 89.9 cm³/mol. The van der Waals surface area contributed by atoms with Gasteiger partial charge < -0.3 is 14.3 Å². The van der Waals surface area contributed by atoms with Crippen LogP contribution in [0.4, 0.5) is 0 Å². The van der Waals surface area contributed by atoms with E-state index >= 15 is 0 Å². The van der Waals surface area contributed by atoms with Crippen LogP contribution in [0.3, 0.4) is 0 Å². The molecule has 3 aromatic heterocycles. The molecule has 3 rings (SSSR count). The number of carbonyl (C=O) groups is 1. The molecule has 3 heterocycles. The number of rotatable bonds is 6. The van der Waals surface area contributed by atoms with Gasteiger partial charge in [-0.15, -0.1) is 0 Å². The average Bonchev–Trinajstić information content (AvgIpc) is 3.21. The molecule has 24 heavy (non-hydrogen) atoms. The molecule has 3 aromatic rings. The number of fused-ring (bicyclic) bond motifs is 1. The molecule has 1 unspecified atom stereocenters. The van der Waals surface area contributed by atoms with Crippen molar-refractivity contribution in [3.05, 3.63) is 47.7 Å². The molecule has 0 aliphatic carbocycles. The topological polar surface area (TPSA) is 81.2 Å². The maximum atomic E-state index is 12.4. The molecule has 0 aromatic carbocycles. The molecular formula is C18H21N3O3. The van der Waals surface area contributed by atoms with Crippen molar-refractivity contribution in [2.45, 2.75) is 45.6 Å². The molecule has 1 atom stereocenters. The lowest BCUT2D eigenvalue weighted by molar-refractivity contribution is 0.0938. The van der Waals surface area contributed by atoms with Crippen molar-refractivity contribution in [3.8, 4) is 0 Å². The highest BCUT2D eigenvalue weighted by Gasteiger charge is 2.16. The minimum Gasteiger partial charge on any atom is -0.469 e. The summed E-state index contributed by atoms with van der Waals surface area (Å²) in [7, 11) is 0. The molecule has 0 spiro atoms. The first-order valence-corrected chi connectivity index (χ1v) is 8.13. The van der Waals surface area contributed by atoms with Gasteiger partial charge in [0.1, 0.15) is 5.76 Å². The molecular weight excluding hydrogens is 306 g/mol. The van der Waals surface area contributed by atoms with Crippen LogP contribution in [-0.4, -0.2) is 22.1 Å². The fourth-order valence-electron chi connectivity index (χ4n) is 2.58. The minimum atomic E-state index is -0.146. The third kappa shape index (κ3) is 3.48. The summed E-state index contributed by atoms with van der Waals surface area (Å²) in [6.07, 6.45) is 4.77. The molecule has 0 saturated heterocycles. The van der Waals surface area contributed by atoms with Crippen LogP contribution in [-0.2, 0) is 6.42 Å². The highest BCUT2D eigenvalue weighted by Crippen LogP contribution is 2.24. The highest BCUT2D eigenvalue weighted by molar-refractivity contribution is 5.97. The predicted octanol–water partition coefficient (Wildman–Crippen LogP) is 3.69. The number of hydrogen-bond acceptors (Lipinski definition) is 5. The van der Waals surface area contributed by atoms with Gasteiger partial charge in [-0.2, -0.15) is 0 Å². The smallest absolute Gasteiger partial charge is 0.257 e. The van der Waals surface area contributed by atoms with Gasteiger partial charge in [0.2, 0.25) is 0 Å². The van der Waals surface area contributed by atoms with Gasteiger partial charge in [-0.25, -0.2) is 4.98 Å². The molecule has 6 heteroatoms. The second kappa shape index (κ2) is 6.86. The van der Waals surface area contributed by atoms with Crippen LogP contribution in [0.1, 0.15) is 54.9 Å². The first kappa shape index (κ1) is 16.2. The summed E-state index contributed by atoms with van der Waals surface area (Å²) in [5.74, 6) is 0.982. The lowest BCUT2D eigenvalue weighted by Crippen LogP contribution is -2.32. The molecule has 1 amide bonds. The van der Waals surface area contributed by atoms with Gasteiger partial charge in [-0.3, -0.25) is 4.79 Å². The van der Waals surface area contributed by atoms with E-state index in [1.165, 1.54) is 6.20 Å². The Hall–Kier alpha value is -2.63. The summed E-state index contributed by atoms with van der Waals surface area (Å²) < 4.78 is 10.5. The number of pyridine rings is 1. The van der Waals surface area contributed by atoms with Gasteiger partial charge in [-0.1, -0.05) is 19.0 Å². The van der Waals surface area contributed by atoms with E-state index in [-0.39, 0.29) is 17.9 Å². The quantitative estimate of drug-likeness (QED) is 0.746. The van der Waals surface area contributed by atoms with Crippen molar-refractivity contribution in [3.63, 3.8) is 0 Å². The maximum Gasteiger partial charge on any atom is 0.257 e. The van der Waals surface area contributed by atoms with Crippen LogP contribution in [0.5, 0.6) is 0 Å². The van der Waals surface area contributed by atoms with Crippen LogP contribution >= 0.6 is 0 Å². The van der Waals surface area contributed by atoms with Gasteiger partial charge in [0.25, 0.3) is 11.6 Å². The molecule has 0 radical (unpaired) electrons. The van der Waals surface area contributed by atoms with Gasteiger partial charge in [-0.05, 0) is 37.5 Å². The lowest BCUT2D eigenvalue weighted by atomic mass is 10.1. The van der Waals surface area contributed by atoms with E-state index in [0.29, 0.717) is 11.3 Å². The Morgan fingerprint density at radius 1 is 1.33 bits per heavy atom. The van der Waals surface area contributed by atoms with Crippen molar-refractivity contribution in [2.24, 2.45) is 0 Å². The maximum absolute atomic E-state index is 12.4. The summed E-state index contributed by atoms with van der Waals surface area (Å²) in [4.78, 5) is 16.6. The summed E-state index contributed by atoms with van der Waals surface area (Å²) in [5.41, 5.74) is 1.79. The van der Waals surface area contributed by atoms with E-state index in [0.717, 1.165) is 29.7 Å². The zero-order chi connectivity index (χ0) is 17.1. The summed E-state index contributed by atoms with van der Waals surface area (Å²) >= 11 is 0. The van der Waals surface area contributed by atoms with Gasteiger partial charge in [0.15, 0.2) is 0 Å². The van der Waals surface area contributed by atoms with E-state index in [9.17, 15) is 4.79 Å². The molecule has 0 fully saturated rings. The van der Waals surface area contributed by atoms with Gasteiger partial charge in [0.05, 0.1) is 22.9 Å². The monoisotopic (exact) mass is 327 g/mol. The zero-order valence-electron chi connectivity index (χ0n) is 14.1. The number of furan rings is 1. The lowest BCUT2D eigenvalue weighted by Gasteiger charge is -2.13. The molecule has 0 bridgehead atoms. The van der Waals surface area contributed by atoms with Crippen LogP contribution < -0.4 is 5.32 Å². The van der Waals surface area contributed by atoms with Crippen LogP contribution in [0, 0.1) is 0 Å². The van der Waals surface area contributed by atoms with E-state index in [2.05, 4.69) is 15.5 Å². The Morgan fingerprint density at radius 2 is 2.17 bits per heavy atom. The number of nitrogens with zero attached hydrogens (tertiary/aromatic N) is 2. The minimum absolute atomic E-state index is 0.0327. The SMILES string of the molecule is CC(CCc1ccco1)NC(=O)c1cnc2onc(C(C)C)c2c1. The van der Waals surface area contributed by atoms with Crippen LogP contribution in [0.25, 0.3) is 11.1 Å². The molecule has 0 aliphatic heterocycles. The summed E-state index contributed by atoms with van der Waals surface area (Å²) in [5, 5.41) is 7.82. The third-order valence-corrected chi connectivity index (χ3v) is 3.95. The summed E-state index contributed by atoms with van der Waals surface area (Å²) in [6, 6.07) is 5.63. The van der Waals surface area contributed by atoms with Crippen molar-refractivity contribution in [1.29, 1.82) is 0 Å². The Balaban J connectivity index is 1.67. The Morgan fingerprint density at radius 3 is 2.88 bits per heavy atom. The van der Waals surface area contributed by atoms with Crippen LogP contribution in [0.15, 0.2) is 39.6 Å². The Kier molecular flexibility index (Phi) is 4.64. The number of nitrogens with one attached hydrogen (secondary N) is 1. The normalized spacial score (nSPS) is 12.7. The van der Waals surface area contributed by atoms with Gasteiger partial charge >= 0.3 is 0 Å². The van der Waals surface area contributed by atoms with Crippen molar-refractivity contribution in [2.75, 3.05) is 0 Å². The van der Waals surface area contributed by atoms with Gasteiger partial charge in [0, 0.05) is 18.7 Å². The first-order chi connectivity index (χ1) is 11.5. The molecule has 126 valence electrons. The highest BCUT2D eigenvalue weighted by atomic mass is 16.5. The second-order valence-corrected chi connectivity index (χ2v) is 6.29. The fraction of sp³-hybridized carbons (Fsp3) is 0.389. The molecule has 6 nitrogen and oxygen atoms in total. The summed E-state index contributed by atoms with van der Waals surface area (Å²) in [6.45, 7) is 6.03. The van der Waals surface area contributed by atoms with Crippen molar-refractivity contribution < 1.29 is 13.7 Å². The fourth-order valence-corrected chi connectivity index (χ4v) is 2.58. The standard InChI is InChI=1S/C18H21N3O3/c1-11(2)16-15-9-13(10-19-18(15)24-21-16)17(22)20-12(3)6-7-14-5-4-8-23-14/h4-5,8-12H,6-7H2,1-3H3,(H,20,22). The Labute approximate surface area is 140 Å². The van der Waals surface area contributed by atoms with E-state index in [4.69, 9.17) is 8.94 Å². The largest absolute Gasteiger partial charge is 0.469 e. The first-order valence-electron chi connectivity index (χ1n) is 8.13. The average molecular weight is 327 g/mol. The number of hydrogen-bond donors (Lipinski definition) is 1. The molecule has 0 saturated carbocycles. The molecule has 0 aliphatic rings. The second-order valence-electron chi connectivity index (χ2n) is 6.29. The Bertz CT molecular complexity index is 821. The van der Waals surface area contributed by atoms with Crippen LogP contribution in [0.2, 0.25) is 0 Å². The number of aromatic nitrogens is 2. The number of amides is 1. The van der Waals surface area contributed by atoms with Crippen molar-refractivity contribution >= 4 is 17.0 Å². The molecule has 1 N–H and O–H groups in total.